The molecule has 0 unspecified atom stereocenters. The predicted molar refractivity (Wildman–Crippen MR) is 91.3 cm³/mol. The molecule has 1 aromatic rings. The van der Waals surface area contributed by atoms with Gasteiger partial charge < -0.3 is 14.8 Å². The topological polar surface area (TPSA) is 50.8 Å². The SMILES string of the molecule is COc1cc2c(cc1OC)CCN([C@H](C)C(=O)NC(C)C)CC2. The fourth-order valence-electron chi connectivity index (χ4n) is 3.03. The molecule has 128 valence electrons. The third kappa shape index (κ3) is 4.16. The Kier molecular flexibility index (Phi) is 5.88. The monoisotopic (exact) mass is 320 g/mol. The molecule has 1 N–H and O–H groups in total. The highest BCUT2D eigenvalue weighted by atomic mass is 16.5. The summed E-state index contributed by atoms with van der Waals surface area (Å²) in [5, 5.41) is 3.00. The fourth-order valence-corrected chi connectivity index (χ4v) is 3.03. The maximum atomic E-state index is 12.2. The molecule has 0 spiro atoms. The molecule has 1 aliphatic rings. The molecule has 1 amide bonds. The number of nitrogens with one attached hydrogen (secondary N) is 1. The lowest BCUT2D eigenvalue weighted by Gasteiger charge is -2.27. The van der Waals surface area contributed by atoms with Gasteiger partial charge in [0.15, 0.2) is 11.5 Å². The number of carbonyl (C=O) groups is 1. The predicted octanol–water partition coefficient (Wildman–Crippen LogP) is 2.02. The first-order valence-corrected chi connectivity index (χ1v) is 8.24. The summed E-state index contributed by atoms with van der Waals surface area (Å²) in [6.07, 6.45) is 1.82. The molecule has 1 aromatic carbocycles. The lowest BCUT2D eigenvalue weighted by atomic mass is 10.0. The molecule has 1 heterocycles. The molecule has 5 nitrogen and oxygen atoms in total. The van der Waals surface area contributed by atoms with Crippen molar-refractivity contribution >= 4 is 5.91 Å². The van der Waals surface area contributed by atoms with E-state index in [0.717, 1.165) is 37.4 Å². The number of rotatable bonds is 5. The van der Waals surface area contributed by atoms with E-state index in [4.69, 9.17) is 9.47 Å². The quantitative estimate of drug-likeness (QED) is 0.902. The smallest absolute Gasteiger partial charge is 0.237 e. The molecular formula is C18H28N2O3. The number of carbonyl (C=O) groups excluding carboxylic acids is 1. The minimum atomic E-state index is -0.115. The van der Waals surface area contributed by atoms with Gasteiger partial charge in [-0.3, -0.25) is 9.69 Å². The molecule has 0 saturated heterocycles. The zero-order chi connectivity index (χ0) is 17.0. The highest BCUT2D eigenvalue weighted by Gasteiger charge is 2.24. The standard InChI is InChI=1S/C18H28N2O3/c1-12(2)19-18(21)13(3)20-8-6-14-10-16(22-4)17(23-5)11-15(14)7-9-20/h10-13H,6-9H2,1-5H3,(H,19,21)/t13-/m1/s1. The molecule has 2 rings (SSSR count). The van der Waals surface area contributed by atoms with E-state index in [-0.39, 0.29) is 18.0 Å². The van der Waals surface area contributed by atoms with Crippen LogP contribution in [0.1, 0.15) is 31.9 Å². The van der Waals surface area contributed by atoms with Gasteiger partial charge in [-0.1, -0.05) is 0 Å². The molecule has 1 atom stereocenters. The fraction of sp³-hybridized carbons (Fsp3) is 0.611. The second kappa shape index (κ2) is 7.68. The lowest BCUT2D eigenvalue weighted by Crippen LogP contribution is -2.47. The minimum absolute atomic E-state index is 0.0983. The number of fused-ring (bicyclic) bond motifs is 1. The van der Waals surface area contributed by atoms with E-state index in [2.05, 4.69) is 22.3 Å². The maximum absolute atomic E-state index is 12.2. The van der Waals surface area contributed by atoms with E-state index < -0.39 is 0 Å². The van der Waals surface area contributed by atoms with Gasteiger partial charge in [-0.15, -0.1) is 0 Å². The van der Waals surface area contributed by atoms with Gasteiger partial charge in [-0.2, -0.15) is 0 Å². The molecular weight excluding hydrogens is 292 g/mol. The van der Waals surface area contributed by atoms with Crippen molar-refractivity contribution in [2.24, 2.45) is 0 Å². The summed E-state index contributed by atoms with van der Waals surface area (Å²) < 4.78 is 10.8. The normalized spacial score (nSPS) is 16.4. The van der Waals surface area contributed by atoms with Crippen LogP contribution in [0.5, 0.6) is 11.5 Å². The summed E-state index contributed by atoms with van der Waals surface area (Å²) in [6.45, 7) is 7.70. The summed E-state index contributed by atoms with van der Waals surface area (Å²) in [4.78, 5) is 14.5. The van der Waals surface area contributed by atoms with Crippen molar-refractivity contribution in [3.63, 3.8) is 0 Å². The molecule has 0 fully saturated rings. The van der Waals surface area contributed by atoms with Gasteiger partial charge in [0, 0.05) is 19.1 Å². The number of hydrogen-bond donors (Lipinski definition) is 1. The Labute approximate surface area is 139 Å². The van der Waals surface area contributed by atoms with Crippen LogP contribution in [0.3, 0.4) is 0 Å². The highest BCUT2D eigenvalue weighted by Crippen LogP contribution is 2.32. The Hall–Kier alpha value is -1.75. The van der Waals surface area contributed by atoms with Crippen molar-refractivity contribution in [1.29, 1.82) is 0 Å². The molecule has 0 aliphatic carbocycles. The Balaban J connectivity index is 2.12. The molecule has 0 aromatic heterocycles. The number of benzene rings is 1. The second-order valence-corrected chi connectivity index (χ2v) is 6.35. The van der Waals surface area contributed by atoms with Crippen molar-refractivity contribution in [3.05, 3.63) is 23.3 Å². The van der Waals surface area contributed by atoms with E-state index in [9.17, 15) is 4.79 Å². The van der Waals surface area contributed by atoms with E-state index in [1.807, 2.05) is 20.8 Å². The first-order valence-electron chi connectivity index (χ1n) is 8.24. The Bertz CT molecular complexity index is 522. The Morgan fingerprint density at radius 2 is 1.52 bits per heavy atom. The van der Waals surface area contributed by atoms with Crippen molar-refractivity contribution in [2.75, 3.05) is 27.3 Å². The van der Waals surface area contributed by atoms with Crippen molar-refractivity contribution in [1.82, 2.24) is 10.2 Å². The van der Waals surface area contributed by atoms with Gasteiger partial charge in [0.25, 0.3) is 0 Å². The average molecular weight is 320 g/mol. The van der Waals surface area contributed by atoms with E-state index in [1.165, 1.54) is 11.1 Å². The summed E-state index contributed by atoms with van der Waals surface area (Å²) in [5.41, 5.74) is 2.56. The summed E-state index contributed by atoms with van der Waals surface area (Å²) in [7, 11) is 3.32. The molecule has 0 radical (unpaired) electrons. The van der Waals surface area contributed by atoms with Crippen molar-refractivity contribution in [3.8, 4) is 11.5 Å². The molecule has 23 heavy (non-hydrogen) atoms. The van der Waals surface area contributed by atoms with E-state index >= 15 is 0 Å². The van der Waals surface area contributed by atoms with Crippen LogP contribution in [0, 0.1) is 0 Å². The molecule has 0 bridgehead atoms. The average Bonchev–Trinajstić information content (AvgIpc) is 2.73. The number of nitrogens with zero attached hydrogens (tertiary/aromatic N) is 1. The van der Waals surface area contributed by atoms with Crippen LogP contribution < -0.4 is 14.8 Å². The Morgan fingerprint density at radius 3 is 1.91 bits per heavy atom. The van der Waals surface area contributed by atoms with Gasteiger partial charge in [0.05, 0.1) is 20.3 Å². The van der Waals surface area contributed by atoms with Crippen LogP contribution in [-0.4, -0.2) is 50.2 Å². The van der Waals surface area contributed by atoms with Gasteiger partial charge >= 0.3 is 0 Å². The molecule has 0 saturated carbocycles. The number of hydrogen-bond acceptors (Lipinski definition) is 4. The first kappa shape index (κ1) is 17.6. The van der Waals surface area contributed by atoms with Crippen LogP contribution in [0.2, 0.25) is 0 Å². The largest absolute Gasteiger partial charge is 0.493 e. The Morgan fingerprint density at radius 1 is 1.04 bits per heavy atom. The van der Waals surface area contributed by atoms with E-state index in [0.29, 0.717) is 0 Å². The zero-order valence-corrected chi connectivity index (χ0v) is 14.8. The third-order valence-corrected chi connectivity index (χ3v) is 4.40. The van der Waals surface area contributed by atoms with Crippen molar-refractivity contribution in [2.45, 2.75) is 45.7 Å². The molecule has 1 aliphatic heterocycles. The summed E-state index contributed by atoms with van der Waals surface area (Å²) in [5.74, 6) is 1.64. The molecule has 5 heteroatoms. The lowest BCUT2D eigenvalue weighted by molar-refractivity contribution is -0.126. The van der Waals surface area contributed by atoms with Gasteiger partial charge in [-0.05, 0) is 56.9 Å². The van der Waals surface area contributed by atoms with E-state index in [1.54, 1.807) is 14.2 Å². The first-order chi connectivity index (χ1) is 11.0. The van der Waals surface area contributed by atoms with Crippen LogP contribution in [0.25, 0.3) is 0 Å². The number of amides is 1. The van der Waals surface area contributed by atoms with Crippen molar-refractivity contribution < 1.29 is 14.3 Å². The van der Waals surface area contributed by atoms with Crippen LogP contribution >= 0.6 is 0 Å². The van der Waals surface area contributed by atoms with Gasteiger partial charge in [0.1, 0.15) is 0 Å². The third-order valence-electron chi connectivity index (χ3n) is 4.40. The van der Waals surface area contributed by atoms with Gasteiger partial charge in [0.2, 0.25) is 5.91 Å². The van der Waals surface area contributed by atoms with Crippen LogP contribution in [0.4, 0.5) is 0 Å². The number of ether oxygens (including phenoxy) is 2. The minimum Gasteiger partial charge on any atom is -0.493 e. The number of methoxy groups -OCH3 is 2. The summed E-state index contributed by atoms with van der Waals surface area (Å²) in [6, 6.07) is 4.19. The second-order valence-electron chi connectivity index (χ2n) is 6.35. The van der Waals surface area contributed by atoms with Gasteiger partial charge in [-0.25, -0.2) is 0 Å². The highest BCUT2D eigenvalue weighted by molar-refractivity contribution is 5.81. The van der Waals surface area contributed by atoms with Crippen LogP contribution in [0.15, 0.2) is 12.1 Å². The van der Waals surface area contributed by atoms with Crippen LogP contribution in [-0.2, 0) is 17.6 Å². The zero-order valence-electron chi connectivity index (χ0n) is 14.8. The maximum Gasteiger partial charge on any atom is 0.237 e. The summed E-state index contributed by atoms with van der Waals surface area (Å²) >= 11 is 0.